The molecule has 0 fully saturated rings. The zero-order valence-corrected chi connectivity index (χ0v) is 20.0. The van der Waals surface area contributed by atoms with E-state index in [1.807, 2.05) is 48.5 Å². The van der Waals surface area contributed by atoms with Gasteiger partial charge in [0, 0.05) is 34.6 Å². The summed E-state index contributed by atoms with van der Waals surface area (Å²) in [5, 5.41) is 9.46. The summed E-state index contributed by atoms with van der Waals surface area (Å²) >= 11 is 6.05. The van der Waals surface area contributed by atoms with Crippen LogP contribution in [-0.2, 0) is 29.2 Å². The van der Waals surface area contributed by atoms with E-state index < -0.39 is 0 Å². The number of ether oxygens (including phenoxy) is 1. The van der Waals surface area contributed by atoms with Crippen LogP contribution in [0.5, 0.6) is 0 Å². The number of aromatic nitrogens is 4. The molecule has 1 amide bonds. The highest BCUT2D eigenvalue weighted by atomic mass is 35.5. The summed E-state index contributed by atoms with van der Waals surface area (Å²) in [6.45, 7) is 2.07. The largest absolute Gasteiger partial charge is 0.372 e. The molecule has 0 spiro atoms. The lowest BCUT2D eigenvalue weighted by molar-refractivity contribution is -0.116. The van der Waals surface area contributed by atoms with Crippen molar-refractivity contribution in [2.45, 2.75) is 26.1 Å². The molecule has 8 nitrogen and oxygen atoms in total. The van der Waals surface area contributed by atoms with Gasteiger partial charge in [-0.3, -0.25) is 9.59 Å². The first kappa shape index (κ1) is 22.5. The molecule has 0 atom stereocenters. The number of halogens is 1. The SMILES string of the molecule is O=C(CCn1nc(-c2ccc(Cl)cc2)c2ccccc2c1=O)Nc1ccc2c(c1)nc1n2CCOC1. The highest BCUT2D eigenvalue weighted by Crippen LogP contribution is 2.26. The molecule has 0 bridgehead atoms. The number of rotatable bonds is 5. The summed E-state index contributed by atoms with van der Waals surface area (Å²) in [7, 11) is 0. The quantitative estimate of drug-likeness (QED) is 0.381. The Balaban J connectivity index is 1.24. The van der Waals surface area contributed by atoms with Crippen molar-refractivity contribution in [3.63, 3.8) is 0 Å². The molecule has 1 aliphatic rings. The van der Waals surface area contributed by atoms with Crippen LogP contribution in [-0.4, -0.2) is 31.8 Å². The summed E-state index contributed by atoms with van der Waals surface area (Å²) < 4.78 is 8.98. The van der Waals surface area contributed by atoms with Crippen molar-refractivity contribution in [3.8, 4) is 11.3 Å². The Bertz CT molecular complexity index is 1670. The fraction of sp³-hybridized carbons (Fsp3) is 0.185. The minimum atomic E-state index is -0.233. The van der Waals surface area contributed by atoms with E-state index in [1.54, 1.807) is 18.2 Å². The van der Waals surface area contributed by atoms with Gasteiger partial charge >= 0.3 is 0 Å². The number of hydrogen-bond donors (Lipinski definition) is 1. The fourth-order valence-electron chi connectivity index (χ4n) is 4.58. The van der Waals surface area contributed by atoms with Crippen LogP contribution in [0, 0.1) is 0 Å². The third-order valence-corrected chi connectivity index (χ3v) is 6.59. The average Bonchev–Trinajstić information content (AvgIpc) is 3.27. The van der Waals surface area contributed by atoms with Crippen molar-refractivity contribution < 1.29 is 9.53 Å². The molecule has 0 saturated heterocycles. The topological polar surface area (TPSA) is 91.0 Å². The Morgan fingerprint density at radius 3 is 2.69 bits per heavy atom. The van der Waals surface area contributed by atoms with Gasteiger partial charge in [0.2, 0.25) is 5.91 Å². The molecular formula is C27H22ClN5O3. The number of benzene rings is 3. The van der Waals surface area contributed by atoms with Crippen molar-refractivity contribution in [1.29, 1.82) is 0 Å². The lowest BCUT2D eigenvalue weighted by atomic mass is 10.1. The normalized spacial score (nSPS) is 13.1. The van der Waals surface area contributed by atoms with Gasteiger partial charge in [-0.2, -0.15) is 5.10 Å². The predicted octanol–water partition coefficient (Wildman–Crippen LogP) is 4.63. The molecule has 3 heterocycles. The molecule has 0 unspecified atom stereocenters. The third-order valence-electron chi connectivity index (χ3n) is 6.34. The van der Waals surface area contributed by atoms with E-state index in [2.05, 4.69) is 20.0 Å². The second-order valence-corrected chi connectivity index (χ2v) is 9.10. The molecule has 0 aliphatic carbocycles. The number of aryl methyl sites for hydroxylation is 1. The van der Waals surface area contributed by atoms with Gasteiger partial charge in [-0.25, -0.2) is 9.67 Å². The zero-order chi connectivity index (χ0) is 24.6. The summed E-state index contributed by atoms with van der Waals surface area (Å²) in [6.07, 6.45) is 0.0941. The molecule has 1 N–H and O–H groups in total. The number of fused-ring (bicyclic) bond motifs is 4. The van der Waals surface area contributed by atoms with Gasteiger partial charge in [0.05, 0.1) is 35.3 Å². The van der Waals surface area contributed by atoms with Gasteiger partial charge in [0.1, 0.15) is 12.4 Å². The molecule has 2 aromatic heterocycles. The molecular weight excluding hydrogens is 478 g/mol. The van der Waals surface area contributed by atoms with Crippen LogP contribution in [0.1, 0.15) is 12.2 Å². The molecule has 0 radical (unpaired) electrons. The standard InChI is InChI=1S/C27H22ClN5O3/c28-18-7-5-17(6-8-18)26-20-3-1-2-4-21(20)27(35)33(31-26)12-11-25(34)29-19-9-10-23-22(15-19)30-24-16-36-14-13-32(23)24/h1-10,15H,11-14,16H2,(H,29,34). The number of amides is 1. The molecule has 0 saturated carbocycles. The third kappa shape index (κ3) is 4.14. The number of imidazole rings is 1. The molecule has 3 aromatic carbocycles. The minimum absolute atomic E-state index is 0.0941. The average molecular weight is 500 g/mol. The number of nitrogens with one attached hydrogen (secondary N) is 1. The summed E-state index contributed by atoms with van der Waals surface area (Å²) in [4.78, 5) is 30.5. The minimum Gasteiger partial charge on any atom is -0.372 e. The first-order valence-corrected chi connectivity index (χ1v) is 12.1. The van der Waals surface area contributed by atoms with Crippen LogP contribution < -0.4 is 10.9 Å². The van der Waals surface area contributed by atoms with Crippen molar-refractivity contribution >= 4 is 45.0 Å². The molecule has 9 heteroatoms. The van der Waals surface area contributed by atoms with Crippen LogP contribution in [0.3, 0.4) is 0 Å². The smallest absolute Gasteiger partial charge is 0.274 e. The Morgan fingerprint density at radius 2 is 1.86 bits per heavy atom. The second kappa shape index (κ2) is 9.22. The summed E-state index contributed by atoms with van der Waals surface area (Å²) in [5.74, 6) is 0.675. The van der Waals surface area contributed by atoms with Crippen molar-refractivity contribution in [3.05, 3.63) is 87.9 Å². The van der Waals surface area contributed by atoms with E-state index in [-0.39, 0.29) is 24.4 Å². The van der Waals surface area contributed by atoms with Gasteiger partial charge in [-0.15, -0.1) is 0 Å². The maximum atomic E-state index is 13.1. The van der Waals surface area contributed by atoms with Gasteiger partial charge < -0.3 is 14.6 Å². The molecule has 180 valence electrons. The number of hydrogen-bond acceptors (Lipinski definition) is 5. The second-order valence-electron chi connectivity index (χ2n) is 8.66. The number of nitrogens with zero attached hydrogens (tertiary/aromatic N) is 4. The zero-order valence-electron chi connectivity index (χ0n) is 19.3. The van der Waals surface area contributed by atoms with Crippen LogP contribution >= 0.6 is 11.6 Å². The lowest BCUT2D eigenvalue weighted by Gasteiger charge is -2.14. The van der Waals surface area contributed by atoms with Gasteiger partial charge in [0.15, 0.2) is 0 Å². The number of carbonyl (C=O) groups is 1. The van der Waals surface area contributed by atoms with Gasteiger partial charge in [-0.05, 0) is 36.4 Å². The van der Waals surface area contributed by atoms with Crippen molar-refractivity contribution in [2.24, 2.45) is 0 Å². The first-order chi connectivity index (χ1) is 17.6. The Hall–Kier alpha value is -4.01. The van der Waals surface area contributed by atoms with E-state index in [4.69, 9.17) is 16.3 Å². The van der Waals surface area contributed by atoms with Crippen LogP contribution in [0.25, 0.3) is 33.1 Å². The van der Waals surface area contributed by atoms with Gasteiger partial charge in [-0.1, -0.05) is 41.9 Å². The van der Waals surface area contributed by atoms with Gasteiger partial charge in [0.25, 0.3) is 5.56 Å². The fourth-order valence-corrected chi connectivity index (χ4v) is 4.70. The van der Waals surface area contributed by atoms with Crippen LogP contribution in [0.4, 0.5) is 5.69 Å². The Labute approximate surface area is 211 Å². The van der Waals surface area contributed by atoms with E-state index in [0.717, 1.165) is 34.4 Å². The van der Waals surface area contributed by atoms with E-state index in [0.29, 0.717) is 35.0 Å². The van der Waals surface area contributed by atoms with E-state index in [9.17, 15) is 9.59 Å². The monoisotopic (exact) mass is 499 g/mol. The van der Waals surface area contributed by atoms with E-state index in [1.165, 1.54) is 4.68 Å². The number of anilines is 1. The van der Waals surface area contributed by atoms with Crippen LogP contribution in [0.2, 0.25) is 5.02 Å². The highest BCUT2D eigenvalue weighted by molar-refractivity contribution is 6.30. The van der Waals surface area contributed by atoms with Crippen molar-refractivity contribution in [1.82, 2.24) is 19.3 Å². The molecule has 36 heavy (non-hydrogen) atoms. The van der Waals surface area contributed by atoms with E-state index >= 15 is 0 Å². The molecule has 6 rings (SSSR count). The Kier molecular flexibility index (Phi) is 5.75. The first-order valence-electron chi connectivity index (χ1n) is 11.7. The number of carbonyl (C=O) groups excluding carboxylic acids is 1. The molecule has 1 aliphatic heterocycles. The van der Waals surface area contributed by atoms with Crippen LogP contribution in [0.15, 0.2) is 71.5 Å². The maximum Gasteiger partial charge on any atom is 0.274 e. The summed E-state index contributed by atoms with van der Waals surface area (Å²) in [5.41, 5.74) is 3.77. The summed E-state index contributed by atoms with van der Waals surface area (Å²) in [6, 6.07) is 20.3. The maximum absolute atomic E-state index is 13.1. The Morgan fingerprint density at radius 1 is 1.06 bits per heavy atom. The predicted molar refractivity (Wildman–Crippen MR) is 139 cm³/mol. The lowest BCUT2D eigenvalue weighted by Crippen LogP contribution is -2.26. The molecule has 5 aromatic rings. The highest BCUT2D eigenvalue weighted by Gasteiger charge is 2.16. The van der Waals surface area contributed by atoms with Crippen molar-refractivity contribution in [2.75, 3.05) is 11.9 Å².